The molecule has 16 aromatic carbocycles. The smallest absolute Gasteiger partial charge is 0.0540 e. The Morgan fingerprint density at radius 1 is 0.160 bits per heavy atom. The van der Waals surface area contributed by atoms with Crippen molar-refractivity contribution >= 4 is 133 Å². The van der Waals surface area contributed by atoms with Crippen LogP contribution in [0.15, 0.2) is 370 Å². The van der Waals surface area contributed by atoms with E-state index in [2.05, 4.69) is 378 Å². The highest BCUT2D eigenvalue weighted by atomic mass is 15.2. The molecule has 0 bridgehead atoms. The van der Waals surface area contributed by atoms with Gasteiger partial charge in [0, 0.05) is 91.2 Å². The molecule has 5 nitrogen and oxygen atoms in total. The van der Waals surface area contributed by atoms with E-state index < -0.39 is 0 Å². The fourth-order valence-corrected chi connectivity index (χ4v) is 13.8. The molecule has 1 aromatic heterocycles. The Balaban J connectivity index is 0.922. The van der Waals surface area contributed by atoms with Crippen molar-refractivity contribution < 1.29 is 0 Å². The highest BCUT2D eigenvalue weighted by Gasteiger charge is 2.25. The summed E-state index contributed by atoms with van der Waals surface area (Å²) in [5, 5.41) is 14.0. The molecule has 0 unspecified atom stereocenters. The fraction of sp³-hybridized carbons (Fsp3) is 0. The monoisotopic (exact) mass is 1200 g/mol. The molecule has 1 heterocycles. The number of rotatable bonds is 14. The molecular weight excluding hydrogens is 1140 g/mol. The van der Waals surface area contributed by atoms with Crippen LogP contribution in [-0.4, -0.2) is 4.98 Å². The molecule has 0 fully saturated rings. The highest BCUT2D eigenvalue weighted by molar-refractivity contribution is 6.04. The second kappa shape index (κ2) is 24.0. The molecular formula is C89H61N5. The van der Waals surface area contributed by atoms with E-state index in [0.717, 1.165) is 134 Å². The summed E-state index contributed by atoms with van der Waals surface area (Å²) in [5.74, 6) is 0. The van der Waals surface area contributed by atoms with E-state index in [1.54, 1.807) is 0 Å². The van der Waals surface area contributed by atoms with E-state index in [4.69, 9.17) is 4.98 Å². The summed E-state index contributed by atoms with van der Waals surface area (Å²) in [6.07, 6.45) is 4.06. The largest absolute Gasteiger partial charge is 0.310 e. The van der Waals surface area contributed by atoms with Crippen molar-refractivity contribution in [2.24, 2.45) is 0 Å². The number of pyridine rings is 1. The first-order chi connectivity index (χ1) is 46.6. The Morgan fingerprint density at radius 3 is 0.798 bits per heavy atom. The van der Waals surface area contributed by atoms with Crippen molar-refractivity contribution in [2.75, 3.05) is 19.6 Å². The predicted molar refractivity (Wildman–Crippen MR) is 399 cm³/mol. The molecule has 5 heteroatoms. The third-order valence-electron chi connectivity index (χ3n) is 18.3. The van der Waals surface area contributed by atoms with Crippen LogP contribution >= 0.6 is 0 Å². The van der Waals surface area contributed by atoms with Crippen LogP contribution < -0.4 is 19.6 Å². The van der Waals surface area contributed by atoms with Gasteiger partial charge in [-0.3, -0.25) is 4.98 Å². The maximum atomic E-state index is 5.26. The number of para-hydroxylation sites is 2. The fourth-order valence-electron chi connectivity index (χ4n) is 13.8. The first-order valence-corrected chi connectivity index (χ1v) is 32.0. The minimum absolute atomic E-state index is 0.962. The summed E-state index contributed by atoms with van der Waals surface area (Å²) >= 11 is 0. The minimum atomic E-state index is 0.962. The molecule has 442 valence electrons. The number of fused-ring (bicyclic) bond motifs is 6. The van der Waals surface area contributed by atoms with Gasteiger partial charge in [-0.25, -0.2) is 0 Å². The summed E-state index contributed by atoms with van der Waals surface area (Å²) < 4.78 is 0. The van der Waals surface area contributed by atoms with Crippen LogP contribution in [-0.2, 0) is 0 Å². The molecule has 0 amide bonds. The first kappa shape index (κ1) is 55.5. The zero-order chi connectivity index (χ0) is 62.3. The number of hydrogen-bond donors (Lipinski definition) is 0. The molecule has 17 aromatic rings. The van der Waals surface area contributed by atoms with E-state index in [1.165, 1.54) is 21.5 Å². The molecule has 0 aliphatic rings. The van der Waals surface area contributed by atoms with E-state index in [1.807, 2.05) is 12.4 Å². The van der Waals surface area contributed by atoms with Gasteiger partial charge in [0.05, 0.1) is 11.4 Å². The van der Waals surface area contributed by atoms with Gasteiger partial charge in [0.1, 0.15) is 0 Å². The predicted octanol–water partition coefficient (Wildman–Crippen LogP) is 25.2. The maximum Gasteiger partial charge on any atom is 0.0540 e. The molecule has 0 saturated heterocycles. The van der Waals surface area contributed by atoms with E-state index in [9.17, 15) is 0 Å². The molecule has 0 spiro atoms. The topological polar surface area (TPSA) is 25.9 Å². The van der Waals surface area contributed by atoms with Crippen LogP contribution in [0, 0.1) is 0 Å². The van der Waals surface area contributed by atoms with Gasteiger partial charge >= 0.3 is 0 Å². The number of anilines is 12. The van der Waals surface area contributed by atoms with Crippen molar-refractivity contribution in [2.45, 2.75) is 0 Å². The molecule has 0 aliphatic heterocycles. The summed E-state index contributed by atoms with van der Waals surface area (Å²) in [7, 11) is 0. The number of aromatic nitrogens is 1. The Bertz CT molecular complexity index is 5200. The quantitative estimate of drug-likeness (QED) is 0.108. The van der Waals surface area contributed by atoms with Gasteiger partial charge in [-0.05, 0) is 192 Å². The van der Waals surface area contributed by atoms with E-state index >= 15 is 0 Å². The first-order valence-electron chi connectivity index (χ1n) is 32.0. The van der Waals surface area contributed by atoms with Crippen LogP contribution in [0.2, 0.25) is 0 Å². The average molecular weight is 1200 g/mol. The molecule has 17 rings (SSSR count). The lowest BCUT2D eigenvalue weighted by Crippen LogP contribution is -2.14. The lowest BCUT2D eigenvalue weighted by atomic mass is 9.98. The van der Waals surface area contributed by atoms with Crippen LogP contribution in [0.4, 0.5) is 68.2 Å². The molecule has 94 heavy (non-hydrogen) atoms. The number of nitrogens with zero attached hydrogens (tertiary/aromatic N) is 5. The zero-order valence-electron chi connectivity index (χ0n) is 51.5. The van der Waals surface area contributed by atoms with Gasteiger partial charge in [-0.2, -0.15) is 0 Å². The van der Waals surface area contributed by atoms with Gasteiger partial charge < -0.3 is 19.6 Å². The van der Waals surface area contributed by atoms with Gasteiger partial charge in [-0.1, -0.05) is 231 Å². The summed E-state index contributed by atoms with van der Waals surface area (Å²) in [5.41, 5.74) is 16.3. The Kier molecular flexibility index (Phi) is 14.2. The molecule has 0 atom stereocenters. The van der Waals surface area contributed by atoms with Crippen molar-refractivity contribution in [3.05, 3.63) is 370 Å². The van der Waals surface area contributed by atoms with Gasteiger partial charge in [0.25, 0.3) is 0 Å². The van der Waals surface area contributed by atoms with Crippen molar-refractivity contribution in [1.82, 2.24) is 4.98 Å². The second-order valence-electron chi connectivity index (χ2n) is 24.1. The third-order valence-corrected chi connectivity index (χ3v) is 18.3. The van der Waals surface area contributed by atoms with E-state index in [-0.39, 0.29) is 0 Å². The lowest BCUT2D eigenvalue weighted by molar-refractivity contribution is 1.25. The van der Waals surface area contributed by atoms with Crippen molar-refractivity contribution in [3.63, 3.8) is 0 Å². The summed E-state index contributed by atoms with van der Waals surface area (Å²) in [4.78, 5) is 14.9. The van der Waals surface area contributed by atoms with Crippen LogP contribution in [0.3, 0.4) is 0 Å². The zero-order valence-corrected chi connectivity index (χ0v) is 51.5. The van der Waals surface area contributed by atoms with Gasteiger partial charge in [0.2, 0.25) is 0 Å². The minimum Gasteiger partial charge on any atom is -0.310 e. The molecule has 0 aliphatic carbocycles. The van der Waals surface area contributed by atoms with Crippen LogP contribution in [0.1, 0.15) is 0 Å². The summed E-state index contributed by atoms with van der Waals surface area (Å²) in [6, 6.07) is 130. The van der Waals surface area contributed by atoms with Gasteiger partial charge in [-0.15, -0.1) is 0 Å². The summed E-state index contributed by atoms with van der Waals surface area (Å²) in [6.45, 7) is 0. The van der Waals surface area contributed by atoms with Crippen molar-refractivity contribution in [1.29, 1.82) is 0 Å². The molecule has 0 saturated carbocycles. The number of hydrogen-bond acceptors (Lipinski definition) is 5. The second-order valence-corrected chi connectivity index (χ2v) is 24.1. The standard InChI is InChI=1S/C89H61N5/c1-3-33-76(34-4-1)93(88-39-19-31-66-25-15-17-37-86(66)88)84-56-73(57-85(59-84)94(77-35-5-2-6-36-77)89-40-20-32-67-26-16-18-38-87(67)89)75-49-74(60-90-61-75)72-54-82(91(78-45-41-62-21-7-11-27-68(62)50-78)79-46-42-63-22-8-12-28-69(63)51-79)58-83(55-72)92(80-47-43-64-23-9-13-29-70(64)52-80)81-48-44-65-24-10-14-30-71(65)53-81/h1-61H. The number of benzene rings is 16. The third kappa shape index (κ3) is 10.5. The Labute approximate surface area is 546 Å². The van der Waals surface area contributed by atoms with Crippen molar-refractivity contribution in [3.8, 4) is 22.3 Å². The van der Waals surface area contributed by atoms with Crippen LogP contribution in [0.25, 0.3) is 86.9 Å². The lowest BCUT2D eigenvalue weighted by Gasteiger charge is -2.31. The average Bonchev–Trinajstić information content (AvgIpc) is 0.771. The molecule has 0 N–H and O–H groups in total. The SMILES string of the molecule is c1ccc(N(c2cc(-c3cncc(-c4cc(N(c5ccc6ccccc6c5)c5ccc6ccccc6c5)cc(N(c5ccc6ccccc6c5)c5ccc6ccccc6c5)c4)c3)cc(N(c3ccccc3)c3cccc4ccccc34)c2)c2cccc3ccccc23)cc1. The highest BCUT2D eigenvalue weighted by Crippen LogP contribution is 2.49. The Hall–Kier alpha value is -12.6. The maximum absolute atomic E-state index is 5.26. The molecule has 0 radical (unpaired) electrons. The Morgan fingerprint density at radius 2 is 0.447 bits per heavy atom. The van der Waals surface area contributed by atoms with Gasteiger partial charge in [0.15, 0.2) is 0 Å². The van der Waals surface area contributed by atoms with Crippen LogP contribution in [0.5, 0.6) is 0 Å². The van der Waals surface area contributed by atoms with E-state index in [0.29, 0.717) is 0 Å². The normalized spacial score (nSPS) is 11.4.